The lowest BCUT2D eigenvalue weighted by Gasteiger charge is -2.15. The molecule has 1 heterocycles. The fourth-order valence-corrected chi connectivity index (χ4v) is 2.16. The van der Waals surface area contributed by atoms with Gasteiger partial charge >= 0.3 is 0 Å². The van der Waals surface area contributed by atoms with E-state index in [4.69, 9.17) is 0 Å². The monoisotopic (exact) mass is 292 g/mol. The molecule has 0 aliphatic carbocycles. The van der Waals surface area contributed by atoms with Gasteiger partial charge in [-0.15, -0.1) is 0 Å². The zero-order chi connectivity index (χ0) is 10.2. The molecule has 0 spiro atoms. The number of hydrogen-bond acceptors (Lipinski definition) is 1. The lowest BCUT2D eigenvalue weighted by Crippen LogP contribution is -2.14. The Labute approximate surface area is 93.9 Å². The molecule has 1 aromatic rings. The van der Waals surface area contributed by atoms with Crippen molar-refractivity contribution in [3.05, 3.63) is 15.0 Å². The molecule has 1 rings (SSSR count). The minimum Gasteiger partial charge on any atom is -0.259 e. The van der Waals surface area contributed by atoms with Crippen LogP contribution >= 0.6 is 22.6 Å². The maximum Gasteiger partial charge on any atom is 0.102 e. The molecule has 0 fully saturated rings. The smallest absolute Gasteiger partial charge is 0.102 e. The fourth-order valence-electron chi connectivity index (χ4n) is 1.45. The SMILES string of the molecule is CCn1nc(C(C)(C)C)c(C)c1I. The predicted molar refractivity (Wildman–Crippen MR) is 64.1 cm³/mol. The minimum atomic E-state index is 0.157. The minimum absolute atomic E-state index is 0.157. The van der Waals surface area contributed by atoms with E-state index in [9.17, 15) is 0 Å². The summed E-state index contributed by atoms with van der Waals surface area (Å²) >= 11 is 2.37. The van der Waals surface area contributed by atoms with Gasteiger partial charge < -0.3 is 0 Å². The Morgan fingerprint density at radius 3 is 2.15 bits per heavy atom. The first kappa shape index (κ1) is 11.0. The van der Waals surface area contributed by atoms with Gasteiger partial charge in [-0.05, 0) is 36.4 Å². The molecule has 0 aromatic carbocycles. The van der Waals surface area contributed by atoms with Crippen molar-refractivity contribution in [3.8, 4) is 0 Å². The number of aromatic nitrogens is 2. The highest BCUT2D eigenvalue weighted by molar-refractivity contribution is 14.1. The maximum atomic E-state index is 4.61. The fraction of sp³-hybridized carbons (Fsp3) is 0.700. The lowest BCUT2D eigenvalue weighted by molar-refractivity contribution is 0.537. The topological polar surface area (TPSA) is 17.8 Å². The van der Waals surface area contributed by atoms with Gasteiger partial charge in [0.15, 0.2) is 0 Å². The van der Waals surface area contributed by atoms with Crippen LogP contribution < -0.4 is 0 Å². The van der Waals surface area contributed by atoms with Crippen LogP contribution in [-0.4, -0.2) is 9.78 Å². The number of aryl methyl sites for hydroxylation is 1. The van der Waals surface area contributed by atoms with Gasteiger partial charge in [-0.25, -0.2) is 0 Å². The highest BCUT2D eigenvalue weighted by Gasteiger charge is 2.22. The van der Waals surface area contributed by atoms with Gasteiger partial charge in [-0.1, -0.05) is 20.8 Å². The molecular formula is C10H17IN2. The molecule has 3 heteroatoms. The first-order chi connectivity index (χ1) is 5.88. The summed E-state index contributed by atoms with van der Waals surface area (Å²) in [5.41, 5.74) is 2.71. The van der Waals surface area contributed by atoms with Crippen LogP contribution in [0.5, 0.6) is 0 Å². The van der Waals surface area contributed by atoms with E-state index in [1.165, 1.54) is 15.0 Å². The van der Waals surface area contributed by atoms with Crippen LogP contribution in [0.2, 0.25) is 0 Å². The van der Waals surface area contributed by atoms with Crippen molar-refractivity contribution in [1.82, 2.24) is 9.78 Å². The van der Waals surface area contributed by atoms with Gasteiger partial charge in [-0.2, -0.15) is 5.10 Å². The van der Waals surface area contributed by atoms with Gasteiger partial charge in [0.2, 0.25) is 0 Å². The molecule has 0 aliphatic rings. The van der Waals surface area contributed by atoms with Crippen LogP contribution in [0.1, 0.15) is 39.0 Å². The van der Waals surface area contributed by atoms with Crippen molar-refractivity contribution in [1.29, 1.82) is 0 Å². The van der Waals surface area contributed by atoms with Gasteiger partial charge in [0.05, 0.1) is 5.69 Å². The van der Waals surface area contributed by atoms with Gasteiger partial charge in [0.1, 0.15) is 3.70 Å². The zero-order valence-electron chi connectivity index (χ0n) is 8.98. The van der Waals surface area contributed by atoms with Crippen molar-refractivity contribution < 1.29 is 0 Å². The molecule has 0 radical (unpaired) electrons. The van der Waals surface area contributed by atoms with Crippen LogP contribution in [0, 0.1) is 10.6 Å². The van der Waals surface area contributed by atoms with Crippen molar-refractivity contribution in [2.45, 2.75) is 46.6 Å². The molecule has 0 amide bonds. The van der Waals surface area contributed by atoms with E-state index in [2.05, 4.69) is 67.0 Å². The van der Waals surface area contributed by atoms with Gasteiger partial charge in [0.25, 0.3) is 0 Å². The summed E-state index contributed by atoms with van der Waals surface area (Å²) in [5.74, 6) is 0. The highest BCUT2D eigenvalue weighted by Crippen LogP contribution is 2.27. The molecule has 0 unspecified atom stereocenters. The predicted octanol–water partition coefficient (Wildman–Crippen LogP) is 3.11. The quantitative estimate of drug-likeness (QED) is 0.727. The molecule has 0 N–H and O–H groups in total. The molecule has 13 heavy (non-hydrogen) atoms. The van der Waals surface area contributed by atoms with Crippen LogP contribution in [0.3, 0.4) is 0 Å². The third-order valence-electron chi connectivity index (χ3n) is 2.12. The lowest BCUT2D eigenvalue weighted by atomic mass is 9.90. The number of nitrogens with zero attached hydrogens (tertiary/aromatic N) is 2. The van der Waals surface area contributed by atoms with E-state index in [1.54, 1.807) is 0 Å². The Kier molecular flexibility index (Phi) is 3.05. The Morgan fingerprint density at radius 1 is 1.38 bits per heavy atom. The van der Waals surface area contributed by atoms with Crippen LogP contribution in [0.4, 0.5) is 0 Å². The summed E-state index contributed by atoms with van der Waals surface area (Å²) < 4.78 is 3.33. The number of hydrogen-bond donors (Lipinski definition) is 0. The maximum absolute atomic E-state index is 4.61. The normalized spacial score (nSPS) is 12.2. The van der Waals surface area contributed by atoms with Crippen LogP contribution in [-0.2, 0) is 12.0 Å². The van der Waals surface area contributed by atoms with Gasteiger partial charge in [0, 0.05) is 17.5 Å². The molecule has 0 bridgehead atoms. The molecule has 74 valence electrons. The third-order valence-corrected chi connectivity index (χ3v) is 3.49. The van der Waals surface area contributed by atoms with E-state index < -0.39 is 0 Å². The molecule has 2 nitrogen and oxygen atoms in total. The molecule has 0 atom stereocenters. The first-order valence-electron chi connectivity index (χ1n) is 4.61. The number of rotatable bonds is 1. The molecule has 0 saturated heterocycles. The summed E-state index contributed by atoms with van der Waals surface area (Å²) in [5, 5.41) is 4.61. The summed E-state index contributed by atoms with van der Waals surface area (Å²) in [4.78, 5) is 0. The van der Waals surface area contributed by atoms with Crippen molar-refractivity contribution >= 4 is 22.6 Å². The van der Waals surface area contributed by atoms with E-state index in [0.717, 1.165) is 6.54 Å². The Bertz CT molecular complexity index is 307. The molecule has 1 aromatic heterocycles. The van der Waals surface area contributed by atoms with E-state index in [1.807, 2.05) is 0 Å². The van der Waals surface area contributed by atoms with E-state index in [0.29, 0.717) is 0 Å². The summed E-state index contributed by atoms with van der Waals surface area (Å²) in [7, 11) is 0. The highest BCUT2D eigenvalue weighted by atomic mass is 127. The van der Waals surface area contributed by atoms with Crippen LogP contribution in [0.25, 0.3) is 0 Å². The molecular weight excluding hydrogens is 275 g/mol. The summed E-state index contributed by atoms with van der Waals surface area (Å²) in [6.07, 6.45) is 0. The van der Waals surface area contributed by atoms with Crippen LogP contribution in [0.15, 0.2) is 0 Å². The average Bonchev–Trinajstić information content (AvgIpc) is 2.28. The second-order valence-electron chi connectivity index (χ2n) is 4.33. The van der Waals surface area contributed by atoms with E-state index >= 15 is 0 Å². The summed E-state index contributed by atoms with van der Waals surface area (Å²) in [6, 6.07) is 0. The second-order valence-corrected chi connectivity index (χ2v) is 5.35. The Morgan fingerprint density at radius 2 is 1.92 bits per heavy atom. The average molecular weight is 292 g/mol. The standard InChI is InChI=1S/C10H17IN2/c1-6-13-9(11)7(2)8(12-13)10(3,4)5/h6H2,1-5H3. The first-order valence-corrected chi connectivity index (χ1v) is 5.69. The largest absolute Gasteiger partial charge is 0.259 e. The van der Waals surface area contributed by atoms with Crippen molar-refractivity contribution in [2.24, 2.45) is 0 Å². The summed E-state index contributed by atoms with van der Waals surface area (Å²) in [6.45, 7) is 11.9. The van der Waals surface area contributed by atoms with Gasteiger partial charge in [-0.3, -0.25) is 4.68 Å². The Hall–Kier alpha value is -0.0600. The third kappa shape index (κ3) is 2.06. The number of halogens is 1. The van der Waals surface area contributed by atoms with E-state index in [-0.39, 0.29) is 5.41 Å². The second kappa shape index (κ2) is 3.59. The van der Waals surface area contributed by atoms with Crippen molar-refractivity contribution in [3.63, 3.8) is 0 Å². The molecule has 0 aliphatic heterocycles. The molecule has 0 saturated carbocycles. The Balaban J connectivity index is 3.25. The van der Waals surface area contributed by atoms with Crippen molar-refractivity contribution in [2.75, 3.05) is 0 Å². The zero-order valence-corrected chi connectivity index (χ0v) is 11.1.